The fraction of sp³-hybridized carbons (Fsp3) is 0.538. The minimum Gasteiger partial charge on any atom is -0.483 e. The first-order valence-electron chi connectivity index (χ1n) is 13.2. The second-order valence-corrected chi connectivity index (χ2v) is 9.83. The number of urea groups is 1. The molecule has 13 nitrogen and oxygen atoms in total. The molecule has 1 aliphatic heterocycles. The highest BCUT2D eigenvalue weighted by Gasteiger charge is 2.39. The van der Waals surface area contributed by atoms with Crippen LogP contribution in [0, 0.1) is 11.8 Å². The van der Waals surface area contributed by atoms with Gasteiger partial charge >= 0.3 is 6.03 Å². The topological polar surface area (TPSA) is 174 Å². The Labute approximate surface area is 226 Å². The lowest BCUT2D eigenvalue weighted by Gasteiger charge is -2.30. The number of fused-ring (bicyclic) bond motifs is 1. The van der Waals surface area contributed by atoms with Gasteiger partial charge in [-0.1, -0.05) is 31.7 Å². The summed E-state index contributed by atoms with van der Waals surface area (Å²) in [5.41, 5.74) is 1.86. The number of amides is 5. The Kier molecular flexibility index (Phi) is 11.2. The lowest BCUT2D eigenvalue weighted by molar-refractivity contribution is -0.158. The van der Waals surface area contributed by atoms with Crippen LogP contribution in [-0.2, 0) is 25.6 Å². The maximum atomic E-state index is 13.4. The minimum atomic E-state index is -0.749. The van der Waals surface area contributed by atoms with E-state index in [0.717, 1.165) is 36.9 Å². The van der Waals surface area contributed by atoms with Crippen LogP contribution in [-0.4, -0.2) is 86.1 Å². The summed E-state index contributed by atoms with van der Waals surface area (Å²) in [5, 5.41) is 22.2. The monoisotopic (exact) mass is 544 g/mol. The summed E-state index contributed by atoms with van der Waals surface area (Å²) in [5.74, 6) is -0.989. The van der Waals surface area contributed by atoms with Crippen molar-refractivity contribution in [3.05, 3.63) is 36.3 Å². The van der Waals surface area contributed by atoms with Crippen LogP contribution in [0.15, 0.2) is 30.7 Å². The number of imide groups is 1. The Morgan fingerprint density at radius 2 is 1.90 bits per heavy atom. The summed E-state index contributed by atoms with van der Waals surface area (Å²) in [7, 11) is 0. The van der Waals surface area contributed by atoms with E-state index in [-0.39, 0.29) is 18.9 Å². The molecule has 39 heavy (non-hydrogen) atoms. The van der Waals surface area contributed by atoms with Crippen molar-refractivity contribution in [3.8, 4) is 0 Å². The van der Waals surface area contributed by atoms with Crippen LogP contribution in [0.25, 0.3) is 5.65 Å². The number of rotatable bonds is 10. The van der Waals surface area contributed by atoms with Gasteiger partial charge in [0.2, 0.25) is 12.3 Å². The quantitative estimate of drug-likeness (QED) is 0.197. The second-order valence-electron chi connectivity index (χ2n) is 9.83. The van der Waals surface area contributed by atoms with Crippen molar-refractivity contribution in [2.75, 3.05) is 19.6 Å². The van der Waals surface area contributed by atoms with Gasteiger partial charge < -0.3 is 19.7 Å². The third-order valence-electron chi connectivity index (χ3n) is 7.20. The molecule has 2 atom stereocenters. The molecular formula is C26H36N6O7. The van der Waals surface area contributed by atoms with Crippen LogP contribution in [0.2, 0.25) is 0 Å². The molecule has 212 valence electrons. The van der Waals surface area contributed by atoms with Crippen molar-refractivity contribution >= 4 is 36.4 Å². The molecule has 2 aliphatic rings. The molecule has 13 heteroatoms. The van der Waals surface area contributed by atoms with E-state index in [4.69, 9.17) is 9.90 Å². The molecule has 4 N–H and O–H groups in total. The van der Waals surface area contributed by atoms with Crippen molar-refractivity contribution in [2.24, 2.45) is 11.8 Å². The highest BCUT2D eigenvalue weighted by Crippen LogP contribution is 2.32. The van der Waals surface area contributed by atoms with Crippen LogP contribution >= 0.6 is 0 Å². The average molecular weight is 545 g/mol. The third kappa shape index (κ3) is 8.50. The number of carbonyl (C=O) groups excluding carboxylic acids is 4. The fourth-order valence-electron chi connectivity index (χ4n) is 5.38. The molecule has 2 aromatic rings. The number of carbonyl (C=O) groups is 5. The van der Waals surface area contributed by atoms with Crippen molar-refractivity contribution in [1.82, 2.24) is 30.0 Å². The highest BCUT2D eigenvalue weighted by atomic mass is 16.5. The average Bonchev–Trinajstić information content (AvgIpc) is 3.70. The van der Waals surface area contributed by atoms with Crippen LogP contribution in [0.3, 0.4) is 0 Å². The molecular weight excluding hydrogens is 508 g/mol. The van der Waals surface area contributed by atoms with E-state index in [9.17, 15) is 24.4 Å². The van der Waals surface area contributed by atoms with E-state index in [2.05, 4.69) is 15.6 Å². The summed E-state index contributed by atoms with van der Waals surface area (Å²) < 4.78 is 1.90. The maximum Gasteiger partial charge on any atom is 0.321 e. The molecule has 0 bridgehead atoms. The molecule has 4 rings (SSSR count). The second kappa shape index (κ2) is 14.8. The molecule has 1 saturated carbocycles. The molecule has 2 fully saturated rings. The summed E-state index contributed by atoms with van der Waals surface area (Å²) in [4.78, 5) is 63.6. The number of carboxylic acid groups (broad SMARTS) is 1. The summed E-state index contributed by atoms with van der Waals surface area (Å²) >= 11 is 0. The Balaban J connectivity index is 0.00000134. The zero-order chi connectivity index (χ0) is 28.2. The van der Waals surface area contributed by atoms with Crippen molar-refractivity contribution in [3.63, 3.8) is 0 Å². The maximum absolute atomic E-state index is 13.4. The van der Waals surface area contributed by atoms with Gasteiger partial charge in [-0.15, -0.1) is 0 Å². The SMILES string of the molecule is O=CN(O)C[C@@H](CC1CCCC1)C(=O)N1CCC[C@H]1C(=O)NC(=O)NCCc1ccc2nccn2c1.O=CO. The van der Waals surface area contributed by atoms with E-state index in [1.807, 2.05) is 28.9 Å². The largest absolute Gasteiger partial charge is 0.483 e. The lowest BCUT2D eigenvalue weighted by atomic mass is 9.91. The van der Waals surface area contributed by atoms with Gasteiger partial charge in [-0.25, -0.2) is 14.8 Å². The number of likely N-dealkylation sites (tertiary alicyclic amines) is 1. The minimum absolute atomic E-state index is 0.102. The van der Waals surface area contributed by atoms with Crippen LogP contribution in [0.4, 0.5) is 4.79 Å². The third-order valence-corrected chi connectivity index (χ3v) is 7.20. The molecule has 0 radical (unpaired) electrons. The first kappa shape index (κ1) is 29.6. The Bertz CT molecular complexity index is 1130. The van der Waals surface area contributed by atoms with Gasteiger partial charge in [0.25, 0.3) is 12.4 Å². The van der Waals surface area contributed by atoms with Crippen LogP contribution < -0.4 is 10.6 Å². The van der Waals surface area contributed by atoms with Gasteiger partial charge in [-0.2, -0.15) is 0 Å². The van der Waals surface area contributed by atoms with E-state index >= 15 is 0 Å². The smallest absolute Gasteiger partial charge is 0.321 e. The van der Waals surface area contributed by atoms with E-state index in [0.29, 0.717) is 56.2 Å². The molecule has 0 unspecified atom stereocenters. The van der Waals surface area contributed by atoms with Gasteiger partial charge in [-0.3, -0.25) is 29.7 Å². The molecule has 1 aliphatic carbocycles. The first-order chi connectivity index (χ1) is 18.9. The number of nitrogens with zero attached hydrogens (tertiary/aromatic N) is 4. The first-order valence-corrected chi connectivity index (χ1v) is 13.2. The van der Waals surface area contributed by atoms with Crippen LogP contribution in [0.1, 0.15) is 50.5 Å². The van der Waals surface area contributed by atoms with Crippen molar-refractivity contribution < 1.29 is 34.3 Å². The number of nitrogens with one attached hydrogen (secondary N) is 2. The fourth-order valence-corrected chi connectivity index (χ4v) is 5.38. The molecule has 0 aromatic carbocycles. The standard InChI is InChI=1S/C25H34N6O5.CH2O2/c32-17-30(36)16-20(14-18-4-1-2-5-18)24(34)31-12-3-6-21(31)23(33)28-25(35)27-10-9-19-7-8-22-26-11-13-29(22)15-19;2-1-3/h7-8,11,13,15,17-18,20-21,36H,1-6,9-10,12,14,16H2,(H2,27,28,33,35);1H,(H,2,3)/t20-,21+;/m1./s1. The van der Waals surface area contributed by atoms with Gasteiger partial charge in [0.05, 0.1) is 12.5 Å². The van der Waals surface area contributed by atoms with Crippen LogP contribution in [0.5, 0.6) is 0 Å². The zero-order valence-corrected chi connectivity index (χ0v) is 21.8. The van der Waals surface area contributed by atoms with Gasteiger partial charge in [0, 0.05) is 31.7 Å². The van der Waals surface area contributed by atoms with Crippen molar-refractivity contribution in [2.45, 2.75) is 57.4 Å². The van der Waals surface area contributed by atoms with E-state index in [1.165, 1.54) is 4.90 Å². The predicted molar refractivity (Wildman–Crippen MR) is 138 cm³/mol. The van der Waals surface area contributed by atoms with E-state index in [1.54, 1.807) is 6.20 Å². The Morgan fingerprint density at radius 3 is 2.62 bits per heavy atom. The molecule has 0 spiro atoms. The molecule has 3 heterocycles. The molecule has 5 amide bonds. The zero-order valence-electron chi connectivity index (χ0n) is 21.8. The number of hydrogen-bond donors (Lipinski definition) is 4. The van der Waals surface area contributed by atoms with Crippen molar-refractivity contribution in [1.29, 1.82) is 0 Å². The Hall–Kier alpha value is -4.00. The summed E-state index contributed by atoms with van der Waals surface area (Å²) in [6, 6.07) is 2.49. The number of hydroxylamine groups is 2. The number of aromatic nitrogens is 2. The number of pyridine rings is 1. The van der Waals surface area contributed by atoms with E-state index < -0.39 is 23.9 Å². The lowest BCUT2D eigenvalue weighted by Crippen LogP contribution is -2.52. The van der Waals surface area contributed by atoms with Gasteiger partial charge in [0.1, 0.15) is 11.7 Å². The summed E-state index contributed by atoms with van der Waals surface area (Å²) in [6.45, 7) is 0.395. The summed E-state index contributed by atoms with van der Waals surface area (Å²) in [6.07, 6.45) is 12.3. The molecule has 1 saturated heterocycles. The Morgan fingerprint density at radius 1 is 1.15 bits per heavy atom. The highest BCUT2D eigenvalue weighted by molar-refractivity contribution is 5.99. The predicted octanol–water partition coefficient (Wildman–Crippen LogP) is 1.44. The van der Waals surface area contributed by atoms with Gasteiger partial charge in [-0.05, 0) is 43.2 Å². The molecule has 2 aromatic heterocycles. The number of imidazole rings is 1. The number of hydrogen-bond acceptors (Lipinski definition) is 7. The normalized spacial score (nSPS) is 17.7. The van der Waals surface area contributed by atoms with Gasteiger partial charge in [0.15, 0.2) is 0 Å².